The van der Waals surface area contributed by atoms with E-state index in [0.29, 0.717) is 21.2 Å². The molecule has 0 saturated carbocycles. The topological polar surface area (TPSA) is 68.3 Å². The van der Waals surface area contributed by atoms with Crippen molar-refractivity contribution < 1.29 is 16.8 Å². The standard InChI is InChI=1S/C22H16Cl2O4S2/c23-19-5-9-21(10-6-19)29(25,26)15-13-17-1-2-18(4-3-17)14-16-30(27,28)22-11-7-20(24)8-12-22/h1-16H/b15-13+,16-14+. The first-order valence-electron chi connectivity index (χ1n) is 8.63. The summed E-state index contributed by atoms with van der Waals surface area (Å²) in [6.45, 7) is 0. The minimum absolute atomic E-state index is 0.148. The molecule has 3 aromatic rings. The Morgan fingerprint density at radius 1 is 0.500 bits per heavy atom. The van der Waals surface area contributed by atoms with Crippen LogP contribution in [0.1, 0.15) is 11.1 Å². The summed E-state index contributed by atoms with van der Waals surface area (Å²) in [5.74, 6) is 0. The average molecular weight is 479 g/mol. The molecule has 3 rings (SSSR count). The Morgan fingerprint density at radius 2 is 0.800 bits per heavy atom. The summed E-state index contributed by atoms with van der Waals surface area (Å²) in [6.07, 6.45) is 2.95. The molecule has 0 radical (unpaired) electrons. The first-order chi connectivity index (χ1) is 14.2. The zero-order valence-corrected chi connectivity index (χ0v) is 18.6. The normalized spacial score (nSPS) is 12.6. The van der Waals surface area contributed by atoms with E-state index in [1.54, 1.807) is 24.3 Å². The van der Waals surface area contributed by atoms with Gasteiger partial charge >= 0.3 is 0 Å². The van der Waals surface area contributed by atoms with E-state index in [9.17, 15) is 16.8 Å². The van der Waals surface area contributed by atoms with Crippen LogP contribution in [0.2, 0.25) is 10.0 Å². The molecule has 0 aliphatic carbocycles. The van der Waals surface area contributed by atoms with Crippen LogP contribution in [0.25, 0.3) is 12.2 Å². The zero-order chi connectivity index (χ0) is 21.8. The Bertz CT molecular complexity index is 1190. The van der Waals surface area contributed by atoms with Crippen molar-refractivity contribution in [3.63, 3.8) is 0 Å². The fourth-order valence-electron chi connectivity index (χ4n) is 2.46. The Hall–Kier alpha value is -2.38. The third-order valence-electron chi connectivity index (χ3n) is 4.10. The Kier molecular flexibility index (Phi) is 6.83. The summed E-state index contributed by atoms with van der Waals surface area (Å²) in [6, 6.07) is 18.6. The molecule has 154 valence electrons. The fraction of sp³-hybridized carbons (Fsp3) is 0. The van der Waals surface area contributed by atoms with Crippen molar-refractivity contribution >= 4 is 55.0 Å². The van der Waals surface area contributed by atoms with Crippen LogP contribution in [0.15, 0.2) is 93.4 Å². The highest BCUT2D eigenvalue weighted by Crippen LogP contribution is 2.19. The predicted molar refractivity (Wildman–Crippen MR) is 122 cm³/mol. The zero-order valence-electron chi connectivity index (χ0n) is 15.4. The molecule has 0 aliphatic heterocycles. The average Bonchev–Trinajstić information content (AvgIpc) is 2.72. The van der Waals surface area contributed by atoms with Crippen LogP contribution in [0.3, 0.4) is 0 Å². The van der Waals surface area contributed by atoms with Crippen LogP contribution in [0.4, 0.5) is 0 Å². The highest BCUT2D eigenvalue weighted by atomic mass is 35.5. The van der Waals surface area contributed by atoms with E-state index in [2.05, 4.69) is 0 Å². The third kappa shape index (κ3) is 5.83. The van der Waals surface area contributed by atoms with Crippen LogP contribution >= 0.6 is 23.2 Å². The quantitative estimate of drug-likeness (QED) is 0.443. The highest BCUT2D eigenvalue weighted by molar-refractivity contribution is 7.94. The van der Waals surface area contributed by atoms with Gasteiger partial charge in [0, 0.05) is 20.9 Å². The van der Waals surface area contributed by atoms with Gasteiger partial charge in [0.1, 0.15) is 0 Å². The summed E-state index contributed by atoms with van der Waals surface area (Å²) in [4.78, 5) is 0.296. The number of benzene rings is 3. The molecule has 0 saturated heterocycles. The molecule has 30 heavy (non-hydrogen) atoms. The van der Waals surface area contributed by atoms with E-state index in [1.165, 1.54) is 60.7 Å². The van der Waals surface area contributed by atoms with Crippen LogP contribution in [-0.4, -0.2) is 16.8 Å². The van der Waals surface area contributed by atoms with Gasteiger partial charge in [0.15, 0.2) is 19.7 Å². The lowest BCUT2D eigenvalue weighted by Gasteiger charge is -2.01. The lowest BCUT2D eigenvalue weighted by atomic mass is 10.1. The molecule has 4 nitrogen and oxygen atoms in total. The molecular formula is C22H16Cl2O4S2. The third-order valence-corrected chi connectivity index (χ3v) is 7.45. The summed E-state index contributed by atoms with van der Waals surface area (Å²) >= 11 is 11.6. The van der Waals surface area contributed by atoms with Crippen molar-refractivity contribution in [3.8, 4) is 0 Å². The molecular weight excluding hydrogens is 463 g/mol. The number of hydrogen-bond donors (Lipinski definition) is 0. The van der Waals surface area contributed by atoms with Crippen molar-refractivity contribution in [1.29, 1.82) is 0 Å². The van der Waals surface area contributed by atoms with E-state index in [1.807, 2.05) is 0 Å². The lowest BCUT2D eigenvalue weighted by molar-refractivity contribution is 0.603. The fourth-order valence-corrected chi connectivity index (χ4v) is 4.73. The van der Waals surface area contributed by atoms with Gasteiger partial charge in [-0.3, -0.25) is 0 Å². The summed E-state index contributed by atoms with van der Waals surface area (Å²) in [7, 11) is -7.18. The predicted octanol–water partition coefficient (Wildman–Crippen LogP) is 5.88. The van der Waals surface area contributed by atoms with Crippen molar-refractivity contribution in [2.24, 2.45) is 0 Å². The molecule has 0 aromatic heterocycles. The van der Waals surface area contributed by atoms with Crippen LogP contribution in [0.5, 0.6) is 0 Å². The van der Waals surface area contributed by atoms with E-state index in [0.717, 1.165) is 10.8 Å². The van der Waals surface area contributed by atoms with E-state index in [-0.39, 0.29) is 9.79 Å². The summed E-state index contributed by atoms with van der Waals surface area (Å²) in [5.41, 5.74) is 1.32. The van der Waals surface area contributed by atoms with Crippen molar-refractivity contribution in [2.45, 2.75) is 9.79 Å². The van der Waals surface area contributed by atoms with Crippen molar-refractivity contribution in [1.82, 2.24) is 0 Å². The smallest absolute Gasteiger partial charge is 0.199 e. The number of hydrogen-bond acceptors (Lipinski definition) is 4. The molecule has 0 bridgehead atoms. The first kappa shape index (κ1) is 22.3. The van der Waals surface area contributed by atoms with Crippen LogP contribution < -0.4 is 0 Å². The first-order valence-corrected chi connectivity index (χ1v) is 12.5. The van der Waals surface area contributed by atoms with Gasteiger partial charge in [0.2, 0.25) is 0 Å². The van der Waals surface area contributed by atoms with Crippen molar-refractivity contribution in [2.75, 3.05) is 0 Å². The molecule has 0 spiro atoms. The molecule has 0 amide bonds. The minimum Gasteiger partial charge on any atom is -0.219 e. The van der Waals surface area contributed by atoms with Gasteiger partial charge in [-0.25, -0.2) is 16.8 Å². The van der Waals surface area contributed by atoms with Crippen molar-refractivity contribution in [3.05, 3.63) is 105 Å². The second kappa shape index (κ2) is 9.18. The Labute approximate surface area is 185 Å². The van der Waals surface area contributed by atoms with Gasteiger partial charge in [-0.2, -0.15) is 0 Å². The molecule has 0 unspecified atom stereocenters. The van der Waals surface area contributed by atoms with E-state index < -0.39 is 19.7 Å². The number of halogens is 2. The molecule has 0 heterocycles. The molecule has 0 N–H and O–H groups in total. The molecule has 0 fully saturated rings. The molecule has 0 aliphatic rings. The van der Waals surface area contributed by atoms with Gasteiger partial charge in [-0.05, 0) is 71.8 Å². The Balaban J connectivity index is 1.73. The van der Waals surface area contributed by atoms with Gasteiger partial charge in [-0.1, -0.05) is 47.5 Å². The van der Waals surface area contributed by atoms with E-state index in [4.69, 9.17) is 23.2 Å². The van der Waals surface area contributed by atoms with E-state index >= 15 is 0 Å². The van der Waals surface area contributed by atoms with Gasteiger partial charge in [0.05, 0.1) is 9.79 Å². The second-order valence-electron chi connectivity index (χ2n) is 6.27. The summed E-state index contributed by atoms with van der Waals surface area (Å²) < 4.78 is 49.3. The summed E-state index contributed by atoms with van der Waals surface area (Å²) in [5, 5.41) is 3.15. The second-order valence-corrected chi connectivity index (χ2v) is 10.8. The maximum atomic E-state index is 12.3. The van der Waals surface area contributed by atoms with Gasteiger partial charge in [-0.15, -0.1) is 0 Å². The van der Waals surface area contributed by atoms with Crippen LogP contribution in [0, 0.1) is 0 Å². The highest BCUT2D eigenvalue weighted by Gasteiger charge is 2.10. The largest absolute Gasteiger partial charge is 0.219 e. The minimum atomic E-state index is -3.59. The molecule has 0 atom stereocenters. The molecule has 3 aromatic carbocycles. The maximum Gasteiger partial charge on any atom is 0.199 e. The maximum absolute atomic E-state index is 12.3. The monoisotopic (exact) mass is 478 g/mol. The number of sulfone groups is 2. The van der Waals surface area contributed by atoms with Crippen LogP contribution in [-0.2, 0) is 19.7 Å². The SMILES string of the molecule is O=S(=O)(/C=C/c1ccc(/C=C/S(=O)(=O)c2ccc(Cl)cc2)cc1)c1ccc(Cl)cc1. The lowest BCUT2D eigenvalue weighted by Crippen LogP contribution is -1.95. The Morgan fingerprint density at radius 3 is 1.10 bits per heavy atom. The molecule has 8 heteroatoms. The van der Waals surface area contributed by atoms with Gasteiger partial charge < -0.3 is 0 Å². The van der Waals surface area contributed by atoms with Gasteiger partial charge in [0.25, 0.3) is 0 Å². The number of rotatable bonds is 6.